The second-order valence-electron chi connectivity index (χ2n) is 6.29. The van der Waals surface area contributed by atoms with Crippen molar-refractivity contribution in [1.29, 1.82) is 0 Å². The van der Waals surface area contributed by atoms with Gasteiger partial charge in [-0.1, -0.05) is 11.2 Å². The lowest BCUT2D eigenvalue weighted by Crippen LogP contribution is -2.28. The summed E-state index contributed by atoms with van der Waals surface area (Å²) in [5, 5.41) is 5.37. The predicted octanol–water partition coefficient (Wildman–Crippen LogP) is 3.19. The summed E-state index contributed by atoms with van der Waals surface area (Å²) in [7, 11) is 3.55. The maximum atomic E-state index is 13.8. The van der Waals surface area contributed by atoms with Gasteiger partial charge in [0.15, 0.2) is 6.54 Å². The third-order valence-electron chi connectivity index (χ3n) is 4.54. The van der Waals surface area contributed by atoms with Crippen LogP contribution in [0.5, 0.6) is 5.75 Å². The summed E-state index contributed by atoms with van der Waals surface area (Å²) in [4.78, 5) is 24.3. The Morgan fingerprint density at radius 1 is 1.27 bits per heavy atom. The standard InChI is InChI=1S/C19H20FN3O3/c1-23-8-7-14-13(15-9-12(20)3-6-18(15)26-2)4-5-17(16(14)11-23)22-19(24)10-21-25/h3-6,9H,7-8,10-11H2,1-2H3,(H,22,24). The Morgan fingerprint density at radius 3 is 2.81 bits per heavy atom. The number of rotatable bonds is 5. The number of halogens is 1. The molecule has 0 saturated carbocycles. The van der Waals surface area contributed by atoms with Crippen LogP contribution in [0.25, 0.3) is 11.1 Å². The number of benzene rings is 2. The van der Waals surface area contributed by atoms with Crippen LogP contribution in [-0.4, -0.2) is 38.1 Å². The van der Waals surface area contributed by atoms with Crippen molar-refractivity contribution in [3.8, 4) is 16.9 Å². The fourth-order valence-corrected chi connectivity index (χ4v) is 3.32. The molecule has 0 spiro atoms. The van der Waals surface area contributed by atoms with Crippen molar-refractivity contribution in [2.24, 2.45) is 5.18 Å². The summed E-state index contributed by atoms with van der Waals surface area (Å²) in [6, 6.07) is 8.06. The number of hydrogen-bond donors (Lipinski definition) is 1. The molecule has 0 saturated heterocycles. The average Bonchev–Trinajstić information content (AvgIpc) is 2.62. The number of nitrogens with one attached hydrogen (secondary N) is 1. The van der Waals surface area contributed by atoms with E-state index >= 15 is 0 Å². The number of likely N-dealkylation sites (N-methyl/N-ethyl adjacent to an activating group) is 1. The molecule has 1 N–H and O–H groups in total. The van der Waals surface area contributed by atoms with Crippen LogP contribution in [0.1, 0.15) is 11.1 Å². The van der Waals surface area contributed by atoms with Crippen molar-refractivity contribution in [3.05, 3.63) is 52.2 Å². The quantitative estimate of drug-likeness (QED) is 0.834. The third kappa shape index (κ3) is 3.57. The van der Waals surface area contributed by atoms with Gasteiger partial charge in [0.2, 0.25) is 5.91 Å². The maximum absolute atomic E-state index is 13.8. The zero-order valence-electron chi connectivity index (χ0n) is 14.7. The normalized spacial score (nSPS) is 13.8. The molecule has 0 fully saturated rings. The smallest absolute Gasteiger partial charge is 0.249 e. The van der Waals surface area contributed by atoms with Gasteiger partial charge in [-0.05, 0) is 54.4 Å². The van der Waals surface area contributed by atoms with E-state index < -0.39 is 12.5 Å². The monoisotopic (exact) mass is 357 g/mol. The highest BCUT2D eigenvalue weighted by atomic mass is 19.1. The lowest BCUT2D eigenvalue weighted by atomic mass is 9.89. The van der Waals surface area contributed by atoms with E-state index in [0.717, 1.165) is 29.7 Å². The fraction of sp³-hybridized carbons (Fsp3) is 0.316. The first-order valence-corrected chi connectivity index (χ1v) is 8.29. The van der Waals surface area contributed by atoms with Gasteiger partial charge in [-0.15, -0.1) is 0 Å². The number of fused-ring (bicyclic) bond motifs is 1. The first-order valence-electron chi connectivity index (χ1n) is 8.29. The molecule has 6 nitrogen and oxygen atoms in total. The molecule has 2 aromatic rings. The Kier molecular flexibility index (Phi) is 5.27. The lowest BCUT2D eigenvalue weighted by molar-refractivity contribution is -0.114. The second-order valence-corrected chi connectivity index (χ2v) is 6.29. The largest absolute Gasteiger partial charge is 0.496 e. The van der Waals surface area contributed by atoms with Crippen LogP contribution in [0.2, 0.25) is 0 Å². The van der Waals surface area contributed by atoms with Gasteiger partial charge >= 0.3 is 0 Å². The van der Waals surface area contributed by atoms with Crippen molar-refractivity contribution >= 4 is 11.6 Å². The minimum absolute atomic E-state index is 0.336. The highest BCUT2D eigenvalue weighted by molar-refractivity contribution is 5.94. The van der Waals surface area contributed by atoms with E-state index in [4.69, 9.17) is 4.74 Å². The minimum Gasteiger partial charge on any atom is -0.496 e. The van der Waals surface area contributed by atoms with Crippen LogP contribution in [0.3, 0.4) is 0 Å². The molecule has 0 unspecified atom stereocenters. The lowest BCUT2D eigenvalue weighted by Gasteiger charge is -2.29. The molecule has 0 radical (unpaired) electrons. The molecule has 0 atom stereocenters. The van der Waals surface area contributed by atoms with Crippen LogP contribution in [-0.2, 0) is 17.8 Å². The van der Waals surface area contributed by atoms with Gasteiger partial charge in [-0.25, -0.2) is 4.39 Å². The molecule has 1 heterocycles. The van der Waals surface area contributed by atoms with Crippen molar-refractivity contribution in [3.63, 3.8) is 0 Å². The Hall–Kier alpha value is -2.80. The molecule has 0 bridgehead atoms. The number of amides is 1. The van der Waals surface area contributed by atoms with Gasteiger partial charge in [-0.2, -0.15) is 4.91 Å². The van der Waals surface area contributed by atoms with Crippen LogP contribution in [0, 0.1) is 10.7 Å². The van der Waals surface area contributed by atoms with Crippen LogP contribution < -0.4 is 10.1 Å². The van der Waals surface area contributed by atoms with Crippen LogP contribution in [0.15, 0.2) is 35.5 Å². The van der Waals surface area contributed by atoms with Gasteiger partial charge in [-0.3, -0.25) is 4.79 Å². The zero-order valence-corrected chi connectivity index (χ0v) is 14.7. The van der Waals surface area contributed by atoms with Crippen LogP contribution in [0.4, 0.5) is 10.1 Å². The minimum atomic E-state index is -0.452. The van der Waals surface area contributed by atoms with Crippen molar-refractivity contribution in [2.75, 3.05) is 32.6 Å². The Bertz CT molecular complexity index is 854. The predicted molar refractivity (Wildman–Crippen MR) is 97.7 cm³/mol. The average molecular weight is 357 g/mol. The van der Waals surface area contributed by atoms with E-state index in [9.17, 15) is 14.1 Å². The van der Waals surface area contributed by atoms with Crippen molar-refractivity contribution in [2.45, 2.75) is 13.0 Å². The molecule has 1 amide bonds. The topological polar surface area (TPSA) is 71.0 Å². The number of nitroso groups, excluding NO2 is 1. The molecule has 0 aliphatic carbocycles. The maximum Gasteiger partial charge on any atom is 0.249 e. The number of carbonyl (C=O) groups is 1. The number of ether oxygens (including phenoxy) is 1. The van der Waals surface area contributed by atoms with E-state index in [2.05, 4.69) is 15.4 Å². The number of methoxy groups -OCH3 is 1. The van der Waals surface area contributed by atoms with E-state index in [-0.39, 0.29) is 5.82 Å². The van der Waals surface area contributed by atoms with Crippen LogP contribution >= 0.6 is 0 Å². The van der Waals surface area contributed by atoms with Gasteiger partial charge in [0.05, 0.1) is 7.11 Å². The number of hydrogen-bond acceptors (Lipinski definition) is 5. The summed E-state index contributed by atoms with van der Waals surface area (Å²) >= 11 is 0. The highest BCUT2D eigenvalue weighted by Gasteiger charge is 2.23. The first-order chi connectivity index (χ1) is 12.5. The molecule has 26 heavy (non-hydrogen) atoms. The molecule has 136 valence electrons. The first kappa shape index (κ1) is 18.0. The molecular formula is C19H20FN3O3. The van der Waals surface area contributed by atoms with E-state index in [1.165, 1.54) is 12.1 Å². The molecule has 0 aromatic heterocycles. The molecule has 1 aliphatic heterocycles. The summed E-state index contributed by atoms with van der Waals surface area (Å²) < 4.78 is 19.2. The SMILES string of the molecule is COc1ccc(F)cc1-c1ccc(NC(=O)CN=O)c2c1CCN(C)C2. The molecule has 1 aliphatic rings. The zero-order chi connectivity index (χ0) is 18.7. The second kappa shape index (κ2) is 7.61. The summed E-state index contributed by atoms with van der Waals surface area (Å²) in [5.74, 6) is -0.196. The van der Waals surface area contributed by atoms with Gasteiger partial charge in [0.25, 0.3) is 0 Å². The fourth-order valence-electron chi connectivity index (χ4n) is 3.32. The molecule has 7 heteroatoms. The summed E-state index contributed by atoms with van der Waals surface area (Å²) in [6.07, 6.45) is 0.760. The van der Waals surface area contributed by atoms with Crippen molar-refractivity contribution < 1.29 is 13.9 Å². The van der Waals surface area contributed by atoms with E-state index in [1.54, 1.807) is 19.2 Å². The Morgan fingerprint density at radius 2 is 2.08 bits per heavy atom. The van der Waals surface area contributed by atoms with Gasteiger partial charge in [0.1, 0.15) is 11.6 Å². The number of nitrogens with zero attached hydrogens (tertiary/aromatic N) is 2. The Labute approximate surface area is 150 Å². The molecule has 2 aromatic carbocycles. The number of carbonyl (C=O) groups excluding carboxylic acids is 1. The van der Waals surface area contributed by atoms with Gasteiger partial charge < -0.3 is 15.0 Å². The van der Waals surface area contributed by atoms with E-state index in [1.807, 2.05) is 13.1 Å². The highest BCUT2D eigenvalue weighted by Crippen LogP contribution is 2.38. The summed E-state index contributed by atoms with van der Waals surface area (Å²) in [6.45, 7) is 1.07. The molecular weight excluding hydrogens is 337 g/mol. The third-order valence-corrected chi connectivity index (χ3v) is 4.54. The van der Waals surface area contributed by atoms with Gasteiger partial charge in [0, 0.05) is 24.3 Å². The van der Waals surface area contributed by atoms with Crippen molar-refractivity contribution in [1.82, 2.24) is 4.90 Å². The van der Waals surface area contributed by atoms with E-state index in [0.29, 0.717) is 23.5 Å². The summed E-state index contributed by atoms with van der Waals surface area (Å²) in [5.41, 5.74) is 4.22. The number of anilines is 1. The molecule has 3 rings (SSSR count). The Balaban J connectivity index is 2.11.